The zero-order chi connectivity index (χ0) is 17.2. The van der Waals surface area contributed by atoms with Gasteiger partial charge in [-0.15, -0.1) is 0 Å². The molecule has 1 unspecified atom stereocenters. The first-order chi connectivity index (χ1) is 12.2. The van der Waals surface area contributed by atoms with Crippen LogP contribution in [-0.4, -0.2) is 16.0 Å². The van der Waals surface area contributed by atoms with Crippen molar-refractivity contribution in [1.82, 2.24) is 9.47 Å². The highest BCUT2D eigenvalue weighted by atomic mass is 35.5. The first kappa shape index (κ1) is 16.7. The third-order valence-electron chi connectivity index (χ3n) is 4.85. The molecule has 4 heteroatoms. The van der Waals surface area contributed by atoms with Crippen LogP contribution in [0.25, 0.3) is 0 Å². The summed E-state index contributed by atoms with van der Waals surface area (Å²) < 4.78 is 2.36. The van der Waals surface area contributed by atoms with Crippen molar-refractivity contribution < 1.29 is 0 Å². The smallest absolute Gasteiger partial charge is 0.0759 e. The Morgan fingerprint density at radius 2 is 1.80 bits per heavy atom. The lowest BCUT2D eigenvalue weighted by Crippen LogP contribution is -2.29. The summed E-state index contributed by atoms with van der Waals surface area (Å²) in [5.74, 6) is 0. The van der Waals surface area contributed by atoms with Crippen molar-refractivity contribution in [2.45, 2.75) is 25.6 Å². The Labute approximate surface area is 158 Å². The Morgan fingerprint density at radius 3 is 2.64 bits per heavy atom. The number of nitrogens with zero attached hydrogens (tertiary/aromatic N) is 2. The van der Waals surface area contributed by atoms with Crippen LogP contribution in [0, 0.1) is 0 Å². The number of fused-ring (bicyclic) bond motifs is 1. The lowest BCUT2D eigenvalue weighted by Gasteiger charge is -2.31. The number of aromatic nitrogens is 1. The second-order valence-corrected chi connectivity index (χ2v) is 7.34. The highest BCUT2D eigenvalue weighted by Gasteiger charge is 2.27. The van der Waals surface area contributed by atoms with E-state index in [1.54, 1.807) is 0 Å². The standard InChI is InChI=1S/C21H20Cl2N2/c22-18-8-3-7-16(14-18)21-20-10-4-11-24(20)12-5-13-25(21)15-17-6-1-2-9-19(17)23/h1-4,6-11,14,21H,5,12-13,15H2. The van der Waals surface area contributed by atoms with Crippen molar-refractivity contribution in [3.8, 4) is 0 Å². The zero-order valence-corrected chi connectivity index (χ0v) is 15.4. The zero-order valence-electron chi connectivity index (χ0n) is 13.9. The van der Waals surface area contributed by atoms with Crippen molar-refractivity contribution in [3.05, 3.63) is 93.7 Å². The molecule has 1 aliphatic rings. The SMILES string of the molecule is Clc1cccc(C2c3cccn3CCCN2Cc2ccccc2Cl)c1. The van der Waals surface area contributed by atoms with Crippen LogP contribution in [0.1, 0.15) is 29.3 Å². The number of rotatable bonds is 3. The maximum absolute atomic E-state index is 6.43. The molecular weight excluding hydrogens is 351 g/mol. The van der Waals surface area contributed by atoms with Crippen molar-refractivity contribution in [2.24, 2.45) is 0 Å². The number of hydrogen-bond acceptors (Lipinski definition) is 1. The van der Waals surface area contributed by atoms with Crippen LogP contribution in [0.15, 0.2) is 66.9 Å². The van der Waals surface area contributed by atoms with E-state index in [1.165, 1.54) is 11.3 Å². The molecule has 1 atom stereocenters. The van der Waals surface area contributed by atoms with Gasteiger partial charge < -0.3 is 4.57 Å². The topological polar surface area (TPSA) is 8.17 Å². The average Bonchev–Trinajstić information content (AvgIpc) is 2.98. The average molecular weight is 371 g/mol. The molecule has 0 bridgehead atoms. The summed E-state index contributed by atoms with van der Waals surface area (Å²) in [6.07, 6.45) is 3.29. The van der Waals surface area contributed by atoms with Gasteiger partial charge in [-0.3, -0.25) is 4.90 Å². The Morgan fingerprint density at radius 1 is 0.920 bits per heavy atom. The largest absolute Gasteiger partial charge is 0.350 e. The van der Waals surface area contributed by atoms with Gasteiger partial charge in [0.15, 0.2) is 0 Å². The molecule has 0 amide bonds. The predicted molar refractivity (Wildman–Crippen MR) is 104 cm³/mol. The quantitative estimate of drug-likeness (QED) is 0.566. The van der Waals surface area contributed by atoms with Gasteiger partial charge in [0.25, 0.3) is 0 Å². The van der Waals surface area contributed by atoms with Gasteiger partial charge in [-0.05, 0) is 47.9 Å². The molecule has 1 aromatic heterocycles. The van der Waals surface area contributed by atoms with Gasteiger partial charge in [0.05, 0.1) is 6.04 Å². The minimum atomic E-state index is 0.174. The minimum Gasteiger partial charge on any atom is -0.350 e. The van der Waals surface area contributed by atoms with Crippen LogP contribution in [-0.2, 0) is 13.1 Å². The number of hydrogen-bond donors (Lipinski definition) is 0. The normalized spacial score (nSPS) is 17.9. The van der Waals surface area contributed by atoms with E-state index in [9.17, 15) is 0 Å². The monoisotopic (exact) mass is 370 g/mol. The van der Waals surface area contributed by atoms with Crippen molar-refractivity contribution in [3.63, 3.8) is 0 Å². The molecule has 4 rings (SSSR count). The van der Waals surface area contributed by atoms with E-state index in [-0.39, 0.29) is 6.04 Å². The van der Waals surface area contributed by atoms with Gasteiger partial charge in [-0.2, -0.15) is 0 Å². The maximum atomic E-state index is 6.43. The molecule has 0 N–H and O–H groups in total. The lowest BCUT2D eigenvalue weighted by molar-refractivity contribution is 0.220. The molecule has 0 radical (unpaired) electrons. The van der Waals surface area contributed by atoms with Crippen LogP contribution in [0.2, 0.25) is 10.0 Å². The Kier molecular flexibility index (Phi) is 4.85. The molecule has 0 saturated heterocycles. The minimum absolute atomic E-state index is 0.174. The van der Waals surface area contributed by atoms with Gasteiger partial charge in [-0.25, -0.2) is 0 Å². The molecule has 2 nitrogen and oxygen atoms in total. The van der Waals surface area contributed by atoms with Crippen LogP contribution in [0.4, 0.5) is 0 Å². The fraction of sp³-hybridized carbons (Fsp3) is 0.238. The summed E-state index contributed by atoms with van der Waals surface area (Å²) >= 11 is 12.7. The number of aryl methyl sites for hydroxylation is 1. The van der Waals surface area contributed by atoms with E-state index in [0.717, 1.165) is 41.7 Å². The lowest BCUT2D eigenvalue weighted by atomic mass is 10.0. The van der Waals surface area contributed by atoms with E-state index in [1.807, 2.05) is 24.3 Å². The van der Waals surface area contributed by atoms with Gasteiger partial charge in [-0.1, -0.05) is 53.5 Å². The molecule has 128 valence electrons. The molecule has 0 saturated carbocycles. The van der Waals surface area contributed by atoms with E-state index in [0.29, 0.717) is 0 Å². The molecule has 2 heterocycles. The number of benzene rings is 2. The fourth-order valence-corrected chi connectivity index (χ4v) is 4.11. The number of halogens is 2. The third-order valence-corrected chi connectivity index (χ3v) is 5.45. The van der Waals surface area contributed by atoms with E-state index >= 15 is 0 Å². The molecule has 3 aromatic rings. The first-order valence-corrected chi connectivity index (χ1v) is 9.36. The first-order valence-electron chi connectivity index (χ1n) is 8.60. The maximum Gasteiger partial charge on any atom is 0.0759 e. The predicted octanol–water partition coefficient (Wildman–Crippen LogP) is 5.79. The Bertz CT molecular complexity index is 872. The molecular formula is C21H20Cl2N2. The van der Waals surface area contributed by atoms with Crippen LogP contribution in [0.3, 0.4) is 0 Å². The molecule has 25 heavy (non-hydrogen) atoms. The van der Waals surface area contributed by atoms with Gasteiger partial charge >= 0.3 is 0 Å². The Balaban J connectivity index is 1.77. The van der Waals surface area contributed by atoms with Crippen LogP contribution in [0.5, 0.6) is 0 Å². The highest BCUT2D eigenvalue weighted by Crippen LogP contribution is 2.34. The highest BCUT2D eigenvalue weighted by molar-refractivity contribution is 6.31. The molecule has 2 aromatic carbocycles. The summed E-state index contributed by atoms with van der Waals surface area (Å²) in [6.45, 7) is 2.88. The second-order valence-electron chi connectivity index (χ2n) is 6.50. The van der Waals surface area contributed by atoms with Crippen molar-refractivity contribution >= 4 is 23.2 Å². The fourth-order valence-electron chi connectivity index (χ4n) is 3.71. The summed E-state index contributed by atoms with van der Waals surface area (Å²) in [5.41, 5.74) is 3.70. The van der Waals surface area contributed by atoms with Gasteiger partial charge in [0, 0.05) is 41.6 Å². The summed E-state index contributed by atoms with van der Waals surface area (Å²) in [4.78, 5) is 2.51. The summed E-state index contributed by atoms with van der Waals surface area (Å²) in [7, 11) is 0. The van der Waals surface area contributed by atoms with Gasteiger partial charge in [0.1, 0.15) is 0 Å². The summed E-state index contributed by atoms with van der Waals surface area (Å²) in [6, 6.07) is 20.8. The van der Waals surface area contributed by atoms with Crippen molar-refractivity contribution in [2.75, 3.05) is 6.54 Å². The van der Waals surface area contributed by atoms with Crippen LogP contribution < -0.4 is 0 Å². The summed E-state index contributed by atoms with van der Waals surface area (Å²) in [5, 5.41) is 1.60. The second kappa shape index (κ2) is 7.25. The molecule has 0 aliphatic carbocycles. The van der Waals surface area contributed by atoms with E-state index in [2.05, 4.69) is 52.1 Å². The van der Waals surface area contributed by atoms with E-state index < -0.39 is 0 Å². The van der Waals surface area contributed by atoms with Crippen LogP contribution >= 0.6 is 23.2 Å². The molecule has 0 spiro atoms. The van der Waals surface area contributed by atoms with Gasteiger partial charge in [0.2, 0.25) is 0 Å². The molecule has 1 aliphatic heterocycles. The van der Waals surface area contributed by atoms with E-state index in [4.69, 9.17) is 23.2 Å². The molecule has 0 fully saturated rings. The Hall–Kier alpha value is -1.74. The third kappa shape index (κ3) is 3.48. The van der Waals surface area contributed by atoms with Crippen molar-refractivity contribution in [1.29, 1.82) is 0 Å².